The lowest BCUT2D eigenvalue weighted by Gasteiger charge is -2.24. The molecule has 1 rings (SSSR count). The van der Waals surface area contributed by atoms with E-state index in [2.05, 4.69) is 0 Å². The van der Waals surface area contributed by atoms with Crippen LogP contribution in [0, 0.1) is 5.41 Å². The number of ether oxygens (including phenoxy) is 1. The molecule has 25 heavy (non-hydrogen) atoms. The van der Waals surface area contributed by atoms with E-state index >= 15 is 0 Å². The van der Waals surface area contributed by atoms with Crippen molar-refractivity contribution in [1.29, 1.82) is 0 Å². The monoisotopic (exact) mass is 366 g/mol. The Bertz CT molecular complexity index is 697. The molecular formula is C20H30O4S. The van der Waals surface area contributed by atoms with Crippen LogP contribution in [0.2, 0.25) is 0 Å². The van der Waals surface area contributed by atoms with Crippen molar-refractivity contribution in [1.82, 2.24) is 0 Å². The minimum Gasteiger partial charge on any atom is -0.369 e. The first-order valence-corrected chi connectivity index (χ1v) is 10.4. The van der Waals surface area contributed by atoms with Gasteiger partial charge in [-0.3, -0.25) is 4.79 Å². The van der Waals surface area contributed by atoms with Crippen LogP contribution < -0.4 is 0 Å². The fourth-order valence-corrected chi connectivity index (χ4v) is 2.66. The maximum absolute atomic E-state index is 12.4. The molecule has 0 heterocycles. The second kappa shape index (κ2) is 8.77. The first-order valence-electron chi connectivity index (χ1n) is 8.47. The Morgan fingerprint density at radius 1 is 1.20 bits per heavy atom. The molecule has 0 aliphatic rings. The van der Waals surface area contributed by atoms with Gasteiger partial charge in [-0.05, 0) is 25.0 Å². The fraction of sp³-hybridized carbons (Fsp3) is 0.550. The van der Waals surface area contributed by atoms with Crippen molar-refractivity contribution in [2.24, 2.45) is 5.41 Å². The Hall–Kier alpha value is -1.46. The molecule has 0 aliphatic carbocycles. The number of Topliss-reactive ketones (excluding diaryl/α,β-unsaturated/α-hetero) is 1. The van der Waals surface area contributed by atoms with E-state index in [1.165, 1.54) is 6.26 Å². The van der Waals surface area contributed by atoms with Crippen LogP contribution in [0.1, 0.15) is 46.6 Å². The Labute approximate surface area is 152 Å². The zero-order valence-electron chi connectivity index (χ0n) is 16.1. The number of ketones is 1. The zero-order valence-corrected chi connectivity index (χ0v) is 16.9. The normalized spacial score (nSPS) is 15.7. The summed E-state index contributed by atoms with van der Waals surface area (Å²) in [6.45, 7) is 9.47. The van der Waals surface area contributed by atoms with E-state index < -0.39 is 26.6 Å². The molecule has 0 aliphatic heterocycles. The smallest absolute Gasteiger partial charge is 0.153 e. The molecule has 0 saturated heterocycles. The van der Waals surface area contributed by atoms with Crippen LogP contribution in [0.5, 0.6) is 0 Å². The summed E-state index contributed by atoms with van der Waals surface area (Å²) in [7, 11) is -3.17. The standard InChI is InChI=1S/C20H30O4S/c1-15(12-16(2)25(6,22)23)18(13-19(21)20(3,4)5)24-14-17-10-8-7-9-11-17/h7-12,16,18H,13-14H2,1-6H3/b15-12-/t16-,18+/m0/s1. The second-order valence-electron chi connectivity index (χ2n) is 7.61. The number of rotatable bonds is 8. The SMILES string of the molecule is C/C(=C/[C@H](C)S(C)(=O)=O)[C@@H](CC(=O)C(C)(C)C)OCc1ccccc1. The van der Waals surface area contributed by atoms with Gasteiger partial charge in [-0.15, -0.1) is 0 Å². The molecular weight excluding hydrogens is 336 g/mol. The molecule has 0 bridgehead atoms. The van der Waals surface area contributed by atoms with E-state index in [1.54, 1.807) is 13.0 Å². The van der Waals surface area contributed by atoms with Gasteiger partial charge < -0.3 is 4.74 Å². The van der Waals surface area contributed by atoms with Gasteiger partial charge in [-0.25, -0.2) is 8.42 Å². The van der Waals surface area contributed by atoms with E-state index in [1.807, 2.05) is 58.0 Å². The summed E-state index contributed by atoms with van der Waals surface area (Å²) in [4.78, 5) is 12.4. The van der Waals surface area contributed by atoms with Crippen molar-refractivity contribution in [2.75, 3.05) is 6.26 Å². The molecule has 4 nitrogen and oxygen atoms in total. The van der Waals surface area contributed by atoms with Gasteiger partial charge in [0, 0.05) is 18.1 Å². The Morgan fingerprint density at radius 3 is 2.24 bits per heavy atom. The largest absolute Gasteiger partial charge is 0.369 e. The van der Waals surface area contributed by atoms with E-state index in [9.17, 15) is 13.2 Å². The van der Waals surface area contributed by atoms with Gasteiger partial charge in [-0.1, -0.05) is 57.2 Å². The predicted molar refractivity (Wildman–Crippen MR) is 102 cm³/mol. The molecule has 1 aromatic rings. The quantitative estimate of drug-likeness (QED) is 0.654. The van der Waals surface area contributed by atoms with E-state index in [-0.39, 0.29) is 12.2 Å². The van der Waals surface area contributed by atoms with Gasteiger partial charge >= 0.3 is 0 Å². The van der Waals surface area contributed by atoms with Crippen molar-refractivity contribution in [3.63, 3.8) is 0 Å². The highest BCUT2D eigenvalue weighted by Gasteiger charge is 2.26. The lowest BCUT2D eigenvalue weighted by molar-refractivity contribution is -0.128. The van der Waals surface area contributed by atoms with Crippen molar-refractivity contribution in [3.8, 4) is 0 Å². The van der Waals surface area contributed by atoms with Gasteiger partial charge in [0.2, 0.25) is 0 Å². The summed E-state index contributed by atoms with van der Waals surface area (Å²) in [5.41, 5.74) is 1.32. The van der Waals surface area contributed by atoms with Gasteiger partial charge in [0.05, 0.1) is 18.0 Å². The highest BCUT2D eigenvalue weighted by molar-refractivity contribution is 7.91. The van der Waals surface area contributed by atoms with E-state index in [0.29, 0.717) is 6.61 Å². The molecule has 1 aromatic carbocycles. The lowest BCUT2D eigenvalue weighted by Crippen LogP contribution is -2.28. The molecule has 0 aromatic heterocycles. The minimum absolute atomic E-state index is 0.0883. The number of sulfone groups is 1. The number of benzene rings is 1. The summed E-state index contributed by atoms with van der Waals surface area (Å²) in [6, 6.07) is 9.72. The predicted octanol–water partition coefficient (Wildman–Crippen LogP) is 3.96. The maximum atomic E-state index is 12.4. The minimum atomic E-state index is -3.17. The molecule has 2 atom stereocenters. The molecule has 5 heteroatoms. The number of hydrogen-bond donors (Lipinski definition) is 0. The average molecular weight is 367 g/mol. The van der Waals surface area contributed by atoms with Gasteiger partial charge in [0.15, 0.2) is 9.84 Å². The molecule has 0 unspecified atom stereocenters. The van der Waals surface area contributed by atoms with Crippen molar-refractivity contribution in [3.05, 3.63) is 47.5 Å². The summed E-state index contributed by atoms with van der Waals surface area (Å²) < 4.78 is 29.4. The first kappa shape index (κ1) is 21.6. The van der Waals surface area contributed by atoms with Crippen molar-refractivity contribution < 1.29 is 17.9 Å². The zero-order chi connectivity index (χ0) is 19.3. The van der Waals surface area contributed by atoms with Crippen LogP contribution >= 0.6 is 0 Å². The topological polar surface area (TPSA) is 60.4 Å². The third-order valence-corrected chi connectivity index (χ3v) is 5.67. The summed E-state index contributed by atoms with van der Waals surface area (Å²) >= 11 is 0. The third kappa shape index (κ3) is 7.53. The van der Waals surface area contributed by atoms with Crippen LogP contribution in [0.3, 0.4) is 0 Å². The van der Waals surface area contributed by atoms with Gasteiger partial charge in [-0.2, -0.15) is 0 Å². The van der Waals surface area contributed by atoms with Crippen LogP contribution in [0.25, 0.3) is 0 Å². The maximum Gasteiger partial charge on any atom is 0.153 e. The number of carbonyl (C=O) groups excluding carboxylic acids is 1. The van der Waals surface area contributed by atoms with Crippen LogP contribution in [-0.2, 0) is 26.0 Å². The lowest BCUT2D eigenvalue weighted by atomic mass is 9.86. The van der Waals surface area contributed by atoms with Crippen molar-refractivity contribution in [2.45, 2.75) is 59.0 Å². The summed E-state index contributed by atoms with van der Waals surface area (Å²) in [5, 5.41) is -0.611. The molecule has 0 saturated carbocycles. The van der Waals surface area contributed by atoms with Gasteiger partial charge in [0.25, 0.3) is 0 Å². The Balaban J connectivity index is 2.97. The second-order valence-corrected chi connectivity index (χ2v) is 10.0. The molecule has 0 amide bonds. The van der Waals surface area contributed by atoms with Crippen LogP contribution in [0.15, 0.2) is 42.0 Å². The molecule has 0 spiro atoms. The van der Waals surface area contributed by atoms with Crippen molar-refractivity contribution >= 4 is 15.6 Å². The Kier molecular flexibility index (Phi) is 7.57. The highest BCUT2D eigenvalue weighted by atomic mass is 32.2. The third-order valence-electron chi connectivity index (χ3n) is 4.18. The van der Waals surface area contributed by atoms with E-state index in [4.69, 9.17) is 4.74 Å². The Morgan fingerprint density at radius 2 is 1.76 bits per heavy atom. The number of carbonyl (C=O) groups is 1. The molecule has 140 valence electrons. The van der Waals surface area contributed by atoms with Crippen LogP contribution in [0.4, 0.5) is 0 Å². The summed E-state index contributed by atoms with van der Waals surface area (Å²) in [5.74, 6) is 0.0883. The number of hydrogen-bond acceptors (Lipinski definition) is 4. The summed E-state index contributed by atoms with van der Waals surface area (Å²) in [6.07, 6.45) is 2.69. The fourth-order valence-electron chi connectivity index (χ4n) is 2.20. The first-order chi connectivity index (χ1) is 11.4. The average Bonchev–Trinajstić information content (AvgIpc) is 2.50. The van der Waals surface area contributed by atoms with E-state index in [0.717, 1.165) is 11.1 Å². The molecule has 0 radical (unpaired) electrons. The molecule has 0 N–H and O–H groups in total. The highest BCUT2D eigenvalue weighted by Crippen LogP contribution is 2.23. The van der Waals surface area contributed by atoms with Gasteiger partial charge in [0.1, 0.15) is 5.78 Å². The molecule has 0 fully saturated rings. The van der Waals surface area contributed by atoms with Crippen LogP contribution in [-0.4, -0.2) is 31.8 Å².